The third kappa shape index (κ3) is 2.70. The van der Waals surface area contributed by atoms with Crippen LogP contribution in [0.25, 0.3) is 0 Å². The molecule has 0 rings (SSSR count). The van der Waals surface area contributed by atoms with Gasteiger partial charge in [-0.2, -0.15) is 0 Å². The van der Waals surface area contributed by atoms with Crippen molar-refractivity contribution in [2.75, 3.05) is 6.16 Å². The Morgan fingerprint density at radius 3 is 1.36 bits per heavy atom. The van der Waals surface area contributed by atoms with Gasteiger partial charge in [-0.3, -0.25) is 0 Å². The van der Waals surface area contributed by atoms with E-state index in [1.165, 1.54) is 0 Å². The molecule has 0 aliphatic rings. The predicted molar refractivity (Wildman–Crippen MR) is 66.2 cm³/mol. The minimum absolute atomic E-state index is 0.417. The monoisotopic (exact) mass is 220 g/mol. The zero-order valence-electron chi connectivity index (χ0n) is 10.3. The summed E-state index contributed by atoms with van der Waals surface area (Å²) in [4.78, 5) is 11.0. The van der Waals surface area contributed by atoms with Crippen molar-refractivity contribution in [2.45, 2.75) is 58.5 Å². The van der Waals surface area contributed by atoms with Crippen LogP contribution in [0, 0.1) is 0 Å². The molecule has 0 saturated carbocycles. The van der Waals surface area contributed by atoms with Crippen molar-refractivity contribution < 1.29 is 9.90 Å². The van der Waals surface area contributed by atoms with Crippen LogP contribution in [0.15, 0.2) is 0 Å². The summed E-state index contributed by atoms with van der Waals surface area (Å²) in [5.74, 6) is -0.618. The molecular weight excluding hydrogens is 195 g/mol. The Hall–Kier alpha value is -0.100. The normalized spacial score (nSPS) is 14.1. The fourth-order valence-corrected chi connectivity index (χ4v) is 8.62. The van der Waals surface area contributed by atoms with Crippen LogP contribution < -0.4 is 0 Å². The van der Waals surface area contributed by atoms with Crippen molar-refractivity contribution in [3.05, 3.63) is 0 Å². The number of aliphatic carboxylic acids is 1. The van der Waals surface area contributed by atoms with E-state index in [0.29, 0.717) is 23.1 Å². The average molecular weight is 220 g/mol. The van der Waals surface area contributed by atoms with E-state index in [0.717, 1.165) is 0 Å². The van der Waals surface area contributed by atoms with Crippen molar-refractivity contribution in [2.24, 2.45) is 0 Å². The predicted octanol–water partition coefficient (Wildman–Crippen LogP) is 3.05. The van der Waals surface area contributed by atoms with Gasteiger partial charge in [0.2, 0.25) is 0 Å². The van der Waals surface area contributed by atoms with Crippen LogP contribution in [-0.4, -0.2) is 34.2 Å². The molecule has 0 saturated heterocycles. The molecule has 0 fully saturated rings. The molecule has 86 valence electrons. The van der Waals surface area contributed by atoms with Gasteiger partial charge in [0.15, 0.2) is 0 Å². The van der Waals surface area contributed by atoms with Gasteiger partial charge in [-0.1, -0.05) is 0 Å². The second kappa shape index (κ2) is 5.11. The van der Waals surface area contributed by atoms with Gasteiger partial charge in [-0.05, 0) is 0 Å². The molecule has 1 N–H and O–H groups in total. The molecule has 0 amide bonds. The van der Waals surface area contributed by atoms with Crippen LogP contribution in [0.2, 0.25) is 0 Å². The third-order valence-corrected chi connectivity index (χ3v) is 11.0. The number of hydrogen-bond donors (Lipinski definition) is 1. The van der Waals surface area contributed by atoms with Crippen molar-refractivity contribution in [1.82, 2.24) is 0 Å². The molecule has 0 atom stereocenters. The fourth-order valence-electron chi connectivity index (χ4n) is 2.87. The molecule has 0 aromatic heterocycles. The van der Waals surface area contributed by atoms with Crippen molar-refractivity contribution >= 4 is 13.2 Å². The molecule has 0 aromatic rings. The maximum absolute atomic E-state index is 11.0. The zero-order valence-corrected chi connectivity index (χ0v) is 11.3. The Labute approximate surface area is 88.4 Å². The van der Waals surface area contributed by atoms with Crippen LogP contribution in [0.1, 0.15) is 41.5 Å². The first-order valence-electron chi connectivity index (χ1n) is 5.46. The molecule has 2 nitrogen and oxygen atoms in total. The Bertz CT molecular complexity index is 176. The second-order valence-electron chi connectivity index (χ2n) is 5.15. The van der Waals surface area contributed by atoms with E-state index in [4.69, 9.17) is 5.11 Å². The van der Waals surface area contributed by atoms with Crippen molar-refractivity contribution in [3.8, 4) is 0 Å². The Kier molecular flexibility index (Phi) is 5.08. The van der Waals surface area contributed by atoms with Gasteiger partial charge in [0.05, 0.1) is 0 Å². The van der Waals surface area contributed by atoms with Crippen molar-refractivity contribution in [1.29, 1.82) is 0 Å². The van der Waals surface area contributed by atoms with E-state index in [-0.39, 0.29) is 0 Å². The van der Waals surface area contributed by atoms with Gasteiger partial charge >= 0.3 is 87.8 Å². The quantitative estimate of drug-likeness (QED) is 0.723. The summed E-state index contributed by atoms with van der Waals surface area (Å²) in [6, 6.07) is 0. The van der Waals surface area contributed by atoms with E-state index in [9.17, 15) is 4.79 Å². The molecule has 0 aliphatic carbocycles. The summed E-state index contributed by atoms with van der Waals surface area (Å²) in [5.41, 5.74) is 1.62. The minimum atomic E-state index is -1.69. The number of carbonyl (C=O) groups is 1. The number of carboxylic acids is 1. The molecule has 0 aliphatic heterocycles. The van der Waals surface area contributed by atoms with E-state index >= 15 is 0 Å². The van der Waals surface area contributed by atoms with Crippen molar-refractivity contribution in [3.63, 3.8) is 0 Å². The summed E-state index contributed by atoms with van der Waals surface area (Å²) < 4.78 is 0. The Morgan fingerprint density at radius 2 is 1.29 bits per heavy atom. The van der Waals surface area contributed by atoms with Gasteiger partial charge in [0.1, 0.15) is 0 Å². The zero-order chi connectivity index (χ0) is 11.5. The summed E-state index contributed by atoms with van der Waals surface area (Å²) in [6.07, 6.45) is 0.417. The molecular formula is C11H25O2P. The second-order valence-corrected chi connectivity index (χ2v) is 11.2. The molecule has 0 radical (unpaired) electrons. The van der Waals surface area contributed by atoms with Crippen LogP contribution >= 0.6 is 7.26 Å². The average Bonchev–Trinajstić information content (AvgIpc) is 1.97. The maximum atomic E-state index is 11.0. The molecule has 3 heteroatoms. The molecule has 0 bridgehead atoms. The fraction of sp³-hybridized carbons (Fsp3) is 0.909. The summed E-state index contributed by atoms with van der Waals surface area (Å²) in [5, 5.41) is 9.03. The SMILES string of the molecule is CC(C)[PH](CC(=O)O)(C(C)C)C(C)C. The molecule has 0 unspecified atom stereocenters. The Morgan fingerprint density at radius 1 is 1.00 bits per heavy atom. The Balaban J connectivity index is 5.05. The van der Waals surface area contributed by atoms with Crippen LogP contribution in [0.3, 0.4) is 0 Å². The topological polar surface area (TPSA) is 37.3 Å². The van der Waals surface area contributed by atoms with Gasteiger partial charge < -0.3 is 0 Å². The standard InChI is InChI=1S/C11H25O2P/c1-8(2)14(9(3)4,10(5)6)7-11(12)13/h8-10,14H,7H2,1-6H3,(H,12,13). The van der Waals surface area contributed by atoms with Gasteiger partial charge in [-0.15, -0.1) is 0 Å². The molecule has 0 aromatic carbocycles. The molecule has 0 spiro atoms. The first-order chi connectivity index (χ1) is 6.25. The van der Waals surface area contributed by atoms with Gasteiger partial charge in [0, 0.05) is 0 Å². The van der Waals surface area contributed by atoms with Crippen LogP contribution in [0.5, 0.6) is 0 Å². The third-order valence-electron chi connectivity index (χ3n) is 3.68. The first kappa shape index (κ1) is 13.9. The van der Waals surface area contributed by atoms with E-state index < -0.39 is 13.2 Å². The number of rotatable bonds is 5. The summed E-state index contributed by atoms with van der Waals surface area (Å²) >= 11 is 0. The van der Waals surface area contributed by atoms with Crippen LogP contribution in [0.4, 0.5) is 0 Å². The number of hydrogen-bond acceptors (Lipinski definition) is 1. The first-order valence-corrected chi connectivity index (χ1v) is 7.90. The van der Waals surface area contributed by atoms with E-state index in [1.54, 1.807) is 0 Å². The van der Waals surface area contributed by atoms with Crippen LogP contribution in [-0.2, 0) is 4.79 Å². The van der Waals surface area contributed by atoms with Gasteiger partial charge in [-0.25, -0.2) is 0 Å². The molecule has 14 heavy (non-hydrogen) atoms. The number of carboxylic acid groups (broad SMARTS) is 1. The summed E-state index contributed by atoms with van der Waals surface area (Å²) in [6.45, 7) is 13.1. The summed E-state index contributed by atoms with van der Waals surface area (Å²) in [7, 11) is -1.69. The van der Waals surface area contributed by atoms with E-state index in [1.807, 2.05) is 0 Å². The van der Waals surface area contributed by atoms with E-state index in [2.05, 4.69) is 41.5 Å². The molecule has 0 heterocycles. The van der Waals surface area contributed by atoms with Gasteiger partial charge in [0.25, 0.3) is 0 Å².